The molecule has 0 saturated heterocycles. The molecule has 0 aliphatic rings. The average Bonchev–Trinajstić information content (AvgIpc) is 3.07. The molecule has 0 aliphatic carbocycles. The highest BCUT2D eigenvalue weighted by Gasteiger charge is 2.09. The second kappa shape index (κ2) is 7.48. The number of hydrogen-bond donors (Lipinski definition) is 1. The molecule has 1 N–H and O–H groups in total. The predicted octanol–water partition coefficient (Wildman–Crippen LogP) is 3.47. The van der Waals surface area contributed by atoms with Gasteiger partial charge in [0.05, 0.1) is 13.1 Å². The Morgan fingerprint density at radius 1 is 1.16 bits per heavy atom. The summed E-state index contributed by atoms with van der Waals surface area (Å²) in [5, 5.41) is 5.41. The second-order valence-electron chi connectivity index (χ2n) is 4.53. The van der Waals surface area contributed by atoms with Gasteiger partial charge in [-0.25, -0.2) is 0 Å². The smallest absolute Gasteiger partial charge is 0.118 e. The number of furan rings is 1. The maximum atomic E-state index is 5.84. The quantitative estimate of drug-likeness (QED) is 0.801. The molecule has 0 aromatic carbocycles. The van der Waals surface area contributed by atoms with Gasteiger partial charge < -0.3 is 9.73 Å². The summed E-state index contributed by atoms with van der Waals surface area (Å²) < 4.78 is 5.84. The molecule has 0 spiro atoms. The molecule has 0 unspecified atom stereocenters. The third-order valence-electron chi connectivity index (χ3n) is 3.05. The Kier molecular flexibility index (Phi) is 5.63. The molecule has 2 aromatic rings. The van der Waals surface area contributed by atoms with Crippen LogP contribution in [0.1, 0.15) is 30.2 Å². The highest BCUT2D eigenvalue weighted by molar-refractivity contribution is 7.09. The molecule has 0 amide bonds. The highest BCUT2D eigenvalue weighted by Crippen LogP contribution is 2.15. The molecular weight excluding hydrogens is 256 g/mol. The van der Waals surface area contributed by atoms with Gasteiger partial charge in [0.15, 0.2) is 0 Å². The second-order valence-corrected chi connectivity index (χ2v) is 5.56. The lowest BCUT2D eigenvalue weighted by Crippen LogP contribution is -2.21. The van der Waals surface area contributed by atoms with Gasteiger partial charge >= 0.3 is 0 Å². The van der Waals surface area contributed by atoms with Crippen molar-refractivity contribution in [1.82, 2.24) is 10.2 Å². The number of hydrogen-bond acceptors (Lipinski definition) is 4. The Morgan fingerprint density at radius 2 is 2.00 bits per heavy atom. The summed E-state index contributed by atoms with van der Waals surface area (Å²) in [5.74, 6) is 2.07. The molecule has 0 aliphatic heterocycles. The molecule has 2 heterocycles. The topological polar surface area (TPSA) is 28.4 Å². The standard InChI is InChI=1S/C15H22N2OS/c1-3-16-10-13-7-8-14(18-13)11-17(4-2)12-15-6-5-9-19-15/h5-9,16H,3-4,10-12H2,1-2H3. The summed E-state index contributed by atoms with van der Waals surface area (Å²) in [7, 11) is 0. The van der Waals surface area contributed by atoms with Gasteiger partial charge in [-0.1, -0.05) is 19.9 Å². The van der Waals surface area contributed by atoms with E-state index in [1.165, 1.54) is 4.88 Å². The third kappa shape index (κ3) is 4.49. The molecule has 0 radical (unpaired) electrons. The van der Waals surface area contributed by atoms with Crippen molar-refractivity contribution in [3.8, 4) is 0 Å². The minimum absolute atomic E-state index is 0.813. The normalized spacial score (nSPS) is 11.3. The summed E-state index contributed by atoms with van der Waals surface area (Å²) in [6, 6.07) is 8.45. The zero-order valence-corrected chi connectivity index (χ0v) is 12.5. The Bertz CT molecular complexity index is 464. The van der Waals surface area contributed by atoms with Crippen molar-refractivity contribution in [2.75, 3.05) is 13.1 Å². The van der Waals surface area contributed by atoms with Gasteiger partial charge in [-0.3, -0.25) is 4.90 Å². The number of nitrogens with one attached hydrogen (secondary N) is 1. The first-order valence-electron chi connectivity index (χ1n) is 6.84. The molecule has 19 heavy (non-hydrogen) atoms. The van der Waals surface area contributed by atoms with Crippen molar-refractivity contribution in [2.24, 2.45) is 0 Å². The minimum Gasteiger partial charge on any atom is -0.463 e. The van der Waals surface area contributed by atoms with Crippen LogP contribution in [0, 0.1) is 0 Å². The molecule has 2 aromatic heterocycles. The van der Waals surface area contributed by atoms with Crippen molar-refractivity contribution in [3.63, 3.8) is 0 Å². The summed E-state index contributed by atoms with van der Waals surface area (Å²) in [5.41, 5.74) is 0. The van der Waals surface area contributed by atoms with Crippen molar-refractivity contribution in [2.45, 2.75) is 33.5 Å². The fourth-order valence-corrected chi connectivity index (χ4v) is 2.72. The van der Waals surface area contributed by atoms with Crippen LogP contribution in [0.25, 0.3) is 0 Å². The molecule has 104 valence electrons. The van der Waals surface area contributed by atoms with E-state index >= 15 is 0 Å². The van der Waals surface area contributed by atoms with Crippen molar-refractivity contribution in [1.29, 1.82) is 0 Å². The zero-order chi connectivity index (χ0) is 13.5. The van der Waals surface area contributed by atoms with Crippen LogP contribution in [0.3, 0.4) is 0 Å². The Morgan fingerprint density at radius 3 is 2.68 bits per heavy atom. The molecule has 0 saturated carbocycles. The first kappa shape index (κ1) is 14.3. The van der Waals surface area contributed by atoms with Crippen LogP contribution >= 0.6 is 11.3 Å². The molecule has 4 heteroatoms. The van der Waals surface area contributed by atoms with E-state index in [1.807, 2.05) is 11.3 Å². The molecule has 3 nitrogen and oxygen atoms in total. The predicted molar refractivity (Wildman–Crippen MR) is 80.2 cm³/mol. The maximum Gasteiger partial charge on any atom is 0.118 e. The Hall–Kier alpha value is -1.10. The van der Waals surface area contributed by atoms with Gasteiger partial charge in [-0.15, -0.1) is 11.3 Å². The molecule has 0 atom stereocenters. The van der Waals surface area contributed by atoms with Gasteiger partial charge in [0, 0.05) is 11.4 Å². The van der Waals surface area contributed by atoms with Crippen LogP contribution in [0.2, 0.25) is 0 Å². The average molecular weight is 278 g/mol. The molecular formula is C15H22N2OS. The Balaban J connectivity index is 1.88. The van der Waals surface area contributed by atoms with Gasteiger partial charge in [0.2, 0.25) is 0 Å². The van der Waals surface area contributed by atoms with Crippen LogP contribution in [-0.2, 0) is 19.6 Å². The number of rotatable bonds is 8. The van der Waals surface area contributed by atoms with E-state index in [0.717, 1.165) is 44.2 Å². The first-order valence-corrected chi connectivity index (χ1v) is 7.72. The van der Waals surface area contributed by atoms with Crippen LogP contribution in [0.4, 0.5) is 0 Å². The van der Waals surface area contributed by atoms with E-state index in [4.69, 9.17) is 4.42 Å². The van der Waals surface area contributed by atoms with Crippen molar-refractivity contribution >= 4 is 11.3 Å². The van der Waals surface area contributed by atoms with E-state index in [-0.39, 0.29) is 0 Å². The molecule has 0 fully saturated rings. The van der Waals surface area contributed by atoms with Crippen LogP contribution in [-0.4, -0.2) is 18.0 Å². The summed E-state index contributed by atoms with van der Waals surface area (Å²) in [6.45, 7) is 8.97. The first-order chi connectivity index (χ1) is 9.31. The summed E-state index contributed by atoms with van der Waals surface area (Å²) in [6.07, 6.45) is 0. The highest BCUT2D eigenvalue weighted by atomic mass is 32.1. The van der Waals surface area contributed by atoms with Crippen LogP contribution < -0.4 is 5.32 Å². The van der Waals surface area contributed by atoms with Crippen molar-refractivity contribution < 1.29 is 4.42 Å². The van der Waals surface area contributed by atoms with Gasteiger partial charge in [-0.2, -0.15) is 0 Å². The van der Waals surface area contributed by atoms with Crippen LogP contribution in [0.5, 0.6) is 0 Å². The van der Waals surface area contributed by atoms with Crippen LogP contribution in [0.15, 0.2) is 34.1 Å². The lowest BCUT2D eigenvalue weighted by atomic mass is 10.3. The summed E-state index contributed by atoms with van der Waals surface area (Å²) in [4.78, 5) is 3.79. The lowest BCUT2D eigenvalue weighted by molar-refractivity contribution is 0.246. The maximum absolute atomic E-state index is 5.84. The van der Waals surface area contributed by atoms with Gasteiger partial charge in [0.1, 0.15) is 11.5 Å². The van der Waals surface area contributed by atoms with E-state index in [0.29, 0.717) is 0 Å². The molecule has 0 bridgehead atoms. The summed E-state index contributed by atoms with van der Waals surface area (Å²) >= 11 is 1.81. The Labute approximate surface area is 119 Å². The molecule has 2 rings (SSSR count). The lowest BCUT2D eigenvalue weighted by Gasteiger charge is -2.17. The van der Waals surface area contributed by atoms with Gasteiger partial charge in [0.25, 0.3) is 0 Å². The third-order valence-corrected chi connectivity index (χ3v) is 3.91. The van der Waals surface area contributed by atoms with E-state index in [1.54, 1.807) is 0 Å². The van der Waals surface area contributed by atoms with E-state index < -0.39 is 0 Å². The fraction of sp³-hybridized carbons (Fsp3) is 0.467. The zero-order valence-electron chi connectivity index (χ0n) is 11.7. The van der Waals surface area contributed by atoms with Crippen molar-refractivity contribution in [3.05, 3.63) is 46.0 Å². The van der Waals surface area contributed by atoms with Gasteiger partial charge in [-0.05, 0) is 36.7 Å². The SMILES string of the molecule is CCNCc1ccc(CN(CC)Cc2cccs2)o1. The number of thiophene rings is 1. The van der Waals surface area contributed by atoms with E-state index in [2.05, 4.69) is 53.7 Å². The number of nitrogens with zero attached hydrogens (tertiary/aromatic N) is 1. The largest absolute Gasteiger partial charge is 0.463 e. The monoisotopic (exact) mass is 278 g/mol. The minimum atomic E-state index is 0.813. The van der Waals surface area contributed by atoms with E-state index in [9.17, 15) is 0 Å². The fourth-order valence-electron chi connectivity index (χ4n) is 1.97.